The van der Waals surface area contributed by atoms with Crippen molar-refractivity contribution in [2.45, 2.75) is 36.9 Å². The van der Waals surface area contributed by atoms with E-state index in [1.807, 2.05) is 4.90 Å². The number of nitrogens with zero attached hydrogens (tertiary/aromatic N) is 2. The van der Waals surface area contributed by atoms with E-state index in [-0.39, 0.29) is 29.7 Å². The minimum Gasteiger partial charge on any atom is -0.510 e. The Hall–Kier alpha value is -3.15. The molecule has 0 spiro atoms. The van der Waals surface area contributed by atoms with E-state index >= 15 is 0 Å². The Bertz CT molecular complexity index is 1150. The second-order valence-electron chi connectivity index (χ2n) is 9.85. The van der Waals surface area contributed by atoms with E-state index < -0.39 is 64.1 Å². The highest BCUT2D eigenvalue weighted by atomic mass is 16.3. The van der Waals surface area contributed by atoms with Crippen molar-refractivity contribution in [1.29, 1.82) is 0 Å². The van der Waals surface area contributed by atoms with Crippen molar-refractivity contribution in [3.63, 3.8) is 0 Å². The van der Waals surface area contributed by atoms with Gasteiger partial charge in [-0.1, -0.05) is 0 Å². The summed E-state index contributed by atoms with van der Waals surface area (Å²) in [5.41, 5.74) is 9.05. The normalized spacial score (nSPS) is 33.9. The van der Waals surface area contributed by atoms with Crippen molar-refractivity contribution < 1.29 is 34.8 Å². The molecule has 5 atom stereocenters. The molecular weight excluding hydrogens is 444 g/mol. The van der Waals surface area contributed by atoms with Gasteiger partial charge < -0.3 is 36.8 Å². The van der Waals surface area contributed by atoms with Gasteiger partial charge in [0.15, 0.2) is 11.4 Å². The number of carbonyl (C=O) groups excluding carboxylic acids is 3. The molecule has 4 aliphatic carbocycles. The van der Waals surface area contributed by atoms with Crippen molar-refractivity contribution in [2.75, 3.05) is 28.2 Å². The summed E-state index contributed by atoms with van der Waals surface area (Å²) in [6.07, 6.45) is 0.621. The van der Waals surface area contributed by atoms with Crippen LogP contribution < -0.4 is 11.5 Å². The van der Waals surface area contributed by atoms with Gasteiger partial charge in [0.25, 0.3) is 5.91 Å². The van der Waals surface area contributed by atoms with Gasteiger partial charge in [0.05, 0.1) is 17.7 Å². The van der Waals surface area contributed by atoms with Crippen LogP contribution in [0.5, 0.6) is 0 Å². The molecule has 8 N–H and O–H groups in total. The lowest BCUT2D eigenvalue weighted by Gasteiger charge is -2.50. The number of primary amides is 1. The average Bonchev–Trinajstić information content (AvgIpc) is 2.72. The number of likely N-dealkylation sites (N-methyl/N-ethyl adjacent to an activating group) is 1. The molecule has 11 nitrogen and oxygen atoms in total. The number of rotatable bonds is 3. The van der Waals surface area contributed by atoms with Crippen LogP contribution in [0.1, 0.15) is 19.3 Å². The molecule has 4 rings (SSSR count). The number of Topliss-reactive ketones (excluding diaryl/α,β-unsaturated/α-hetero) is 2. The number of ketones is 2. The molecule has 0 saturated heterocycles. The van der Waals surface area contributed by atoms with Gasteiger partial charge in [-0.3, -0.25) is 19.3 Å². The molecule has 34 heavy (non-hydrogen) atoms. The van der Waals surface area contributed by atoms with Crippen LogP contribution in [-0.4, -0.2) is 93.6 Å². The number of aliphatic hydroxyl groups excluding tert-OH is 3. The Morgan fingerprint density at radius 3 is 2.21 bits per heavy atom. The standard InChI is InChI=1S/C23H30N4O7/c1-26(2)12-7-11(24)17(28)14-9(12)5-8-6-10-16(27(3)4)19(30)15(22(25)33)21(32)23(10,34)20(31)13(8)18(14)29/h8,10-11,16,28,30-31,34H,5-7,24H2,1-4H3,(H2,25,33)/t8-,10-,11?,16-,23-/m0/s1. The van der Waals surface area contributed by atoms with Gasteiger partial charge in [0.1, 0.15) is 22.9 Å². The topological polar surface area (TPSA) is 191 Å². The molecular formula is C23H30N4O7. The van der Waals surface area contributed by atoms with E-state index in [1.54, 1.807) is 28.2 Å². The van der Waals surface area contributed by atoms with Crippen molar-refractivity contribution >= 4 is 17.5 Å². The Balaban J connectivity index is 1.97. The van der Waals surface area contributed by atoms with E-state index in [9.17, 15) is 34.8 Å². The number of allylic oxidation sites excluding steroid dienone is 3. The second-order valence-corrected chi connectivity index (χ2v) is 9.85. The number of carbonyl (C=O) groups is 3. The van der Waals surface area contributed by atoms with Crippen LogP contribution in [0.15, 0.2) is 45.3 Å². The highest BCUT2D eigenvalue weighted by Gasteiger charge is 2.63. The van der Waals surface area contributed by atoms with Gasteiger partial charge in [0.2, 0.25) is 5.78 Å². The Kier molecular flexibility index (Phi) is 5.42. The first-order chi connectivity index (χ1) is 15.7. The number of hydrogen-bond acceptors (Lipinski definition) is 10. The zero-order chi connectivity index (χ0) is 25.4. The van der Waals surface area contributed by atoms with Crippen molar-refractivity contribution in [3.8, 4) is 0 Å². The number of nitrogens with two attached hydrogens (primary N) is 2. The third-order valence-corrected chi connectivity index (χ3v) is 7.53. The molecule has 1 unspecified atom stereocenters. The molecule has 1 amide bonds. The Labute approximate surface area is 196 Å². The molecule has 0 aromatic carbocycles. The first-order valence-corrected chi connectivity index (χ1v) is 11.0. The van der Waals surface area contributed by atoms with Gasteiger partial charge in [-0.25, -0.2) is 0 Å². The molecule has 0 heterocycles. The predicted octanol–water partition coefficient (Wildman–Crippen LogP) is -0.692. The first kappa shape index (κ1) is 24.0. The maximum atomic E-state index is 13.6. The van der Waals surface area contributed by atoms with E-state index in [0.29, 0.717) is 12.0 Å². The highest BCUT2D eigenvalue weighted by Crippen LogP contribution is 2.54. The fraction of sp³-hybridized carbons (Fsp3) is 0.522. The lowest BCUT2D eigenvalue weighted by Crippen LogP contribution is -2.63. The number of amides is 1. The SMILES string of the molecule is CN(C)C1=C2C[C@H]3C[C@H]4[C@H](N(C)C)C(O)=C(C(N)=O)C(=O)[C@@]4(O)C(O)=C3C(=O)C2=C(O)C(N)C1. The van der Waals surface area contributed by atoms with Crippen molar-refractivity contribution in [2.24, 2.45) is 23.3 Å². The molecule has 4 aliphatic rings. The molecule has 1 saturated carbocycles. The molecule has 0 aliphatic heterocycles. The molecule has 1 fully saturated rings. The fourth-order valence-electron chi connectivity index (χ4n) is 5.99. The number of aliphatic hydroxyl groups is 4. The minimum absolute atomic E-state index is 0.0387. The summed E-state index contributed by atoms with van der Waals surface area (Å²) in [5.74, 6) is -6.68. The molecule has 0 aromatic heterocycles. The zero-order valence-corrected chi connectivity index (χ0v) is 19.5. The lowest BCUT2D eigenvalue weighted by molar-refractivity contribution is -0.149. The average molecular weight is 475 g/mol. The summed E-state index contributed by atoms with van der Waals surface area (Å²) in [6, 6.07) is -1.84. The first-order valence-electron chi connectivity index (χ1n) is 11.0. The fourth-order valence-corrected chi connectivity index (χ4v) is 5.99. The van der Waals surface area contributed by atoms with Gasteiger partial charge in [-0.05, 0) is 38.4 Å². The van der Waals surface area contributed by atoms with Crippen LogP contribution >= 0.6 is 0 Å². The zero-order valence-electron chi connectivity index (χ0n) is 19.5. The van der Waals surface area contributed by atoms with Crippen LogP contribution in [0.4, 0.5) is 0 Å². The van der Waals surface area contributed by atoms with Crippen LogP contribution in [0.2, 0.25) is 0 Å². The van der Waals surface area contributed by atoms with Crippen molar-refractivity contribution in [3.05, 3.63) is 45.3 Å². The van der Waals surface area contributed by atoms with Crippen LogP contribution in [0.25, 0.3) is 0 Å². The summed E-state index contributed by atoms with van der Waals surface area (Å²) < 4.78 is 0. The molecule has 0 radical (unpaired) electrons. The summed E-state index contributed by atoms with van der Waals surface area (Å²) in [6.45, 7) is 0. The van der Waals surface area contributed by atoms with Gasteiger partial charge in [-0.2, -0.15) is 0 Å². The number of fused-ring (bicyclic) bond motifs is 3. The van der Waals surface area contributed by atoms with Crippen LogP contribution in [0, 0.1) is 11.8 Å². The molecule has 0 aromatic rings. The summed E-state index contributed by atoms with van der Waals surface area (Å²) in [7, 11) is 6.79. The maximum absolute atomic E-state index is 13.6. The monoisotopic (exact) mass is 474 g/mol. The lowest BCUT2D eigenvalue weighted by atomic mass is 9.57. The van der Waals surface area contributed by atoms with Crippen LogP contribution in [0.3, 0.4) is 0 Å². The summed E-state index contributed by atoms with van der Waals surface area (Å²) in [4.78, 5) is 42.2. The van der Waals surface area contributed by atoms with E-state index in [2.05, 4.69) is 0 Å². The van der Waals surface area contributed by atoms with Gasteiger partial charge >= 0.3 is 0 Å². The summed E-state index contributed by atoms with van der Waals surface area (Å²) in [5, 5.41) is 44.3. The molecule has 0 bridgehead atoms. The minimum atomic E-state index is -2.65. The molecule has 11 heteroatoms. The quantitative estimate of drug-likeness (QED) is 0.285. The smallest absolute Gasteiger partial charge is 0.255 e. The van der Waals surface area contributed by atoms with Gasteiger partial charge in [0, 0.05) is 37.7 Å². The Morgan fingerprint density at radius 1 is 1.06 bits per heavy atom. The largest absolute Gasteiger partial charge is 0.510 e. The van der Waals surface area contributed by atoms with E-state index in [1.165, 1.54) is 4.90 Å². The number of hydrogen-bond donors (Lipinski definition) is 6. The third-order valence-electron chi connectivity index (χ3n) is 7.53. The predicted molar refractivity (Wildman–Crippen MR) is 120 cm³/mol. The van der Waals surface area contributed by atoms with E-state index in [0.717, 1.165) is 5.70 Å². The highest BCUT2D eigenvalue weighted by molar-refractivity contribution is 6.24. The van der Waals surface area contributed by atoms with E-state index in [4.69, 9.17) is 11.5 Å². The third kappa shape index (κ3) is 2.97. The Morgan fingerprint density at radius 2 is 1.68 bits per heavy atom. The summed E-state index contributed by atoms with van der Waals surface area (Å²) >= 11 is 0. The molecule has 184 valence electrons. The maximum Gasteiger partial charge on any atom is 0.255 e. The van der Waals surface area contributed by atoms with Gasteiger partial charge in [-0.15, -0.1) is 0 Å². The second kappa shape index (κ2) is 7.69. The van der Waals surface area contributed by atoms with Crippen molar-refractivity contribution in [1.82, 2.24) is 9.80 Å². The van der Waals surface area contributed by atoms with Crippen LogP contribution in [-0.2, 0) is 14.4 Å².